The van der Waals surface area contributed by atoms with Gasteiger partial charge in [0.05, 0.1) is 33.4 Å². The highest BCUT2D eigenvalue weighted by Crippen LogP contribution is 2.43. The van der Waals surface area contributed by atoms with Crippen LogP contribution in [0.4, 0.5) is 24.5 Å². The first-order valence-corrected chi connectivity index (χ1v) is 11.9. The molecule has 2 heterocycles. The number of anilines is 2. The van der Waals surface area contributed by atoms with Crippen molar-refractivity contribution < 1.29 is 26.3 Å². The Balaban J connectivity index is 1.75. The smallest absolute Gasteiger partial charge is 0.416 e. The zero-order valence-corrected chi connectivity index (χ0v) is 18.3. The summed E-state index contributed by atoms with van der Waals surface area (Å²) in [5, 5.41) is 11.6. The molecule has 2 aromatic carbocycles. The number of fused-ring (bicyclic) bond motifs is 1. The highest BCUT2D eigenvalue weighted by Gasteiger charge is 2.33. The van der Waals surface area contributed by atoms with Gasteiger partial charge in [-0.05, 0) is 37.3 Å². The van der Waals surface area contributed by atoms with E-state index in [1.807, 2.05) is 6.07 Å². The van der Waals surface area contributed by atoms with Crippen molar-refractivity contribution in [3.8, 4) is 11.8 Å². The average Bonchev–Trinajstić information content (AvgIpc) is 3.24. The van der Waals surface area contributed by atoms with Crippen LogP contribution in [0.5, 0.6) is 5.75 Å². The van der Waals surface area contributed by atoms with Gasteiger partial charge in [-0.15, -0.1) is 11.3 Å². The summed E-state index contributed by atoms with van der Waals surface area (Å²) in [4.78, 5) is 5.75. The number of benzene rings is 2. The van der Waals surface area contributed by atoms with Crippen molar-refractivity contribution in [3.05, 3.63) is 64.1 Å². The maximum atomic E-state index is 13.1. The van der Waals surface area contributed by atoms with Crippen molar-refractivity contribution in [1.29, 1.82) is 5.26 Å². The van der Waals surface area contributed by atoms with Crippen LogP contribution in [-0.4, -0.2) is 26.1 Å². The van der Waals surface area contributed by atoms with Gasteiger partial charge in [-0.3, -0.25) is 0 Å². The van der Waals surface area contributed by atoms with Crippen molar-refractivity contribution in [2.24, 2.45) is 0 Å². The minimum atomic E-state index is -4.57. The molecule has 0 saturated carbocycles. The van der Waals surface area contributed by atoms with Gasteiger partial charge in [-0.1, -0.05) is 0 Å². The van der Waals surface area contributed by atoms with Gasteiger partial charge >= 0.3 is 6.18 Å². The van der Waals surface area contributed by atoms with Crippen LogP contribution in [0.25, 0.3) is 0 Å². The Kier molecular flexibility index (Phi) is 5.60. The third kappa shape index (κ3) is 4.16. The molecule has 0 N–H and O–H groups in total. The molecule has 4 rings (SSSR count). The molecular formula is C21H16F3N3O3S2. The van der Waals surface area contributed by atoms with Crippen molar-refractivity contribution >= 4 is 32.5 Å². The molecule has 0 amide bonds. The lowest BCUT2D eigenvalue weighted by molar-refractivity contribution is -0.137. The van der Waals surface area contributed by atoms with E-state index in [0.717, 1.165) is 12.1 Å². The molecule has 0 bridgehead atoms. The number of hydrogen-bond donors (Lipinski definition) is 0. The minimum absolute atomic E-state index is 0.0499. The van der Waals surface area contributed by atoms with E-state index in [-0.39, 0.29) is 40.3 Å². The summed E-state index contributed by atoms with van der Waals surface area (Å²) in [7, 11) is -3.68. The van der Waals surface area contributed by atoms with E-state index in [2.05, 4.69) is 4.98 Å². The first-order valence-electron chi connectivity index (χ1n) is 9.39. The number of rotatable bonds is 4. The minimum Gasteiger partial charge on any atom is -0.489 e. The molecule has 1 atom stereocenters. The second-order valence-corrected chi connectivity index (χ2v) is 10.2. The second kappa shape index (κ2) is 8.11. The van der Waals surface area contributed by atoms with Crippen LogP contribution in [-0.2, 0) is 21.8 Å². The fourth-order valence-corrected chi connectivity index (χ4v) is 5.74. The molecule has 32 heavy (non-hydrogen) atoms. The third-order valence-corrected chi connectivity index (χ3v) is 7.56. The predicted octanol–water partition coefficient (Wildman–Crippen LogP) is 4.93. The Hall–Kier alpha value is -3.10. The number of aromatic nitrogens is 1. The van der Waals surface area contributed by atoms with Gasteiger partial charge in [0.25, 0.3) is 0 Å². The number of alkyl halides is 3. The lowest BCUT2D eigenvalue weighted by Crippen LogP contribution is -2.38. The summed E-state index contributed by atoms with van der Waals surface area (Å²) in [6, 6.07) is 8.87. The SMILES string of the molecule is C[C@@H]1COc2cc(S(=O)(=O)Cc3nccs3)ccc2N1c1ccc(C(F)(F)F)cc1C#N. The molecule has 1 aliphatic heterocycles. The number of nitriles is 1. The lowest BCUT2D eigenvalue weighted by atomic mass is 10.0. The maximum absolute atomic E-state index is 13.1. The molecule has 11 heteroatoms. The topological polar surface area (TPSA) is 83.3 Å². The molecule has 0 spiro atoms. The van der Waals surface area contributed by atoms with Crippen LogP contribution >= 0.6 is 11.3 Å². The van der Waals surface area contributed by atoms with Gasteiger partial charge in [-0.2, -0.15) is 18.4 Å². The molecule has 3 aromatic rings. The van der Waals surface area contributed by atoms with Crippen molar-refractivity contribution in [2.45, 2.75) is 29.8 Å². The van der Waals surface area contributed by atoms with Crippen LogP contribution in [0.3, 0.4) is 0 Å². The van der Waals surface area contributed by atoms with Crippen molar-refractivity contribution in [2.75, 3.05) is 11.5 Å². The van der Waals surface area contributed by atoms with Crippen LogP contribution in [0.15, 0.2) is 52.9 Å². The Morgan fingerprint density at radius 2 is 2.00 bits per heavy atom. The van der Waals surface area contributed by atoms with Gasteiger partial charge in [0.15, 0.2) is 9.84 Å². The van der Waals surface area contributed by atoms with Crippen LogP contribution < -0.4 is 9.64 Å². The van der Waals surface area contributed by atoms with Crippen LogP contribution in [0.1, 0.15) is 23.1 Å². The van der Waals surface area contributed by atoms with E-state index in [1.165, 1.54) is 35.7 Å². The zero-order chi connectivity index (χ0) is 23.1. The molecule has 166 valence electrons. The molecule has 1 aliphatic rings. The van der Waals surface area contributed by atoms with E-state index >= 15 is 0 Å². The van der Waals surface area contributed by atoms with Gasteiger partial charge in [-0.25, -0.2) is 13.4 Å². The Labute approximate surface area is 186 Å². The summed E-state index contributed by atoms with van der Waals surface area (Å²) in [5.74, 6) is 0.0215. The summed E-state index contributed by atoms with van der Waals surface area (Å²) < 4.78 is 70.5. The first kappa shape index (κ1) is 22.1. The molecule has 6 nitrogen and oxygen atoms in total. The third-order valence-electron chi connectivity index (χ3n) is 4.97. The molecule has 0 saturated heterocycles. The number of nitrogens with zero attached hydrogens (tertiary/aromatic N) is 3. The first-order chi connectivity index (χ1) is 15.1. The fraction of sp³-hybridized carbons (Fsp3) is 0.238. The van der Waals surface area contributed by atoms with Crippen LogP contribution in [0.2, 0.25) is 0 Å². The van der Waals surface area contributed by atoms with Crippen molar-refractivity contribution in [1.82, 2.24) is 4.98 Å². The summed E-state index contributed by atoms with van der Waals surface area (Å²) >= 11 is 1.24. The molecular weight excluding hydrogens is 463 g/mol. The Morgan fingerprint density at radius 1 is 1.25 bits per heavy atom. The maximum Gasteiger partial charge on any atom is 0.416 e. The molecule has 0 aliphatic carbocycles. The highest BCUT2D eigenvalue weighted by molar-refractivity contribution is 7.90. The van der Waals surface area contributed by atoms with Gasteiger partial charge in [0.1, 0.15) is 29.2 Å². The summed E-state index contributed by atoms with van der Waals surface area (Å²) in [5.41, 5.74) is -0.299. The highest BCUT2D eigenvalue weighted by atomic mass is 32.2. The van der Waals surface area contributed by atoms with E-state index < -0.39 is 21.6 Å². The van der Waals surface area contributed by atoms with Gasteiger partial charge in [0, 0.05) is 17.6 Å². The fourth-order valence-electron chi connectivity index (χ4n) is 3.47. The number of ether oxygens (including phenoxy) is 1. The van der Waals surface area contributed by atoms with Gasteiger partial charge in [0.2, 0.25) is 0 Å². The van der Waals surface area contributed by atoms with E-state index in [0.29, 0.717) is 10.7 Å². The molecule has 0 fully saturated rings. The molecule has 1 aromatic heterocycles. The second-order valence-electron chi connectivity index (χ2n) is 7.19. The largest absolute Gasteiger partial charge is 0.489 e. The van der Waals surface area contributed by atoms with E-state index in [1.54, 1.807) is 23.3 Å². The summed E-state index contributed by atoms with van der Waals surface area (Å²) in [6.45, 7) is 1.96. The molecule has 0 unspecified atom stereocenters. The number of halogens is 3. The summed E-state index contributed by atoms with van der Waals surface area (Å²) in [6.07, 6.45) is -3.04. The normalized spacial score (nSPS) is 16.2. The molecule has 0 radical (unpaired) electrons. The standard InChI is InChI=1S/C21H16F3N3O3S2/c1-13-11-30-19-9-16(32(28,29)12-20-26-6-7-31-20)3-5-18(19)27(13)17-4-2-15(21(22,23)24)8-14(17)10-25/h2-9,13H,11-12H2,1H3/t13-/m1/s1. The number of thiazole rings is 1. The van der Waals surface area contributed by atoms with E-state index in [4.69, 9.17) is 4.74 Å². The van der Waals surface area contributed by atoms with E-state index in [9.17, 15) is 26.9 Å². The average molecular weight is 480 g/mol. The van der Waals surface area contributed by atoms with Crippen LogP contribution in [0, 0.1) is 11.3 Å². The number of hydrogen-bond acceptors (Lipinski definition) is 7. The number of sulfone groups is 1. The Bertz CT molecular complexity index is 1300. The van der Waals surface area contributed by atoms with Gasteiger partial charge < -0.3 is 9.64 Å². The zero-order valence-electron chi connectivity index (χ0n) is 16.6. The monoisotopic (exact) mass is 479 g/mol. The predicted molar refractivity (Wildman–Crippen MR) is 113 cm³/mol. The quantitative estimate of drug-likeness (QED) is 0.528. The Morgan fingerprint density at radius 3 is 2.66 bits per heavy atom. The van der Waals surface area contributed by atoms with Crippen molar-refractivity contribution in [3.63, 3.8) is 0 Å². The lowest BCUT2D eigenvalue weighted by Gasteiger charge is -2.37.